The number of nitrogens with zero attached hydrogens (tertiary/aromatic N) is 3. The SMILES string of the molecule is CNc1ncc([N+](=O)[O-])c(Oc2ccc3c(c2)CCC3)n1. The number of rotatable bonds is 4. The number of fused-ring (bicyclic) bond motifs is 1. The number of ether oxygens (including phenoxy) is 1. The highest BCUT2D eigenvalue weighted by Crippen LogP contribution is 2.32. The molecule has 0 saturated carbocycles. The molecule has 0 bridgehead atoms. The number of benzene rings is 1. The van der Waals surface area contributed by atoms with Crippen LogP contribution in [-0.2, 0) is 12.8 Å². The van der Waals surface area contributed by atoms with Crippen molar-refractivity contribution < 1.29 is 9.66 Å². The number of hydrogen-bond donors (Lipinski definition) is 1. The fraction of sp³-hybridized carbons (Fsp3) is 0.286. The summed E-state index contributed by atoms with van der Waals surface area (Å²) in [6.07, 6.45) is 4.37. The minimum Gasteiger partial charge on any atom is -0.434 e. The smallest absolute Gasteiger partial charge is 0.349 e. The molecule has 1 aromatic heterocycles. The first-order valence-electron chi connectivity index (χ1n) is 6.66. The van der Waals surface area contributed by atoms with Crippen LogP contribution >= 0.6 is 0 Å². The van der Waals surface area contributed by atoms with Gasteiger partial charge in [0.2, 0.25) is 5.95 Å². The Kier molecular flexibility index (Phi) is 3.39. The number of aryl methyl sites for hydroxylation is 2. The molecule has 0 aliphatic heterocycles. The highest BCUT2D eigenvalue weighted by molar-refractivity contribution is 5.46. The summed E-state index contributed by atoms with van der Waals surface area (Å²) in [4.78, 5) is 18.3. The second kappa shape index (κ2) is 5.35. The van der Waals surface area contributed by atoms with Crippen molar-refractivity contribution in [3.8, 4) is 11.6 Å². The van der Waals surface area contributed by atoms with Gasteiger partial charge in [0.15, 0.2) is 0 Å². The summed E-state index contributed by atoms with van der Waals surface area (Å²) < 4.78 is 5.61. The van der Waals surface area contributed by atoms with E-state index in [9.17, 15) is 10.1 Å². The molecule has 7 heteroatoms. The number of aromatic nitrogens is 2. The largest absolute Gasteiger partial charge is 0.434 e. The first-order chi connectivity index (χ1) is 10.2. The third kappa shape index (κ3) is 2.62. The van der Waals surface area contributed by atoms with Crippen molar-refractivity contribution in [3.05, 3.63) is 45.6 Å². The van der Waals surface area contributed by atoms with E-state index in [2.05, 4.69) is 15.3 Å². The zero-order chi connectivity index (χ0) is 14.8. The van der Waals surface area contributed by atoms with Gasteiger partial charge in [0.25, 0.3) is 0 Å². The standard InChI is InChI=1S/C14H14N4O3/c1-15-14-16-8-12(18(19)20)13(17-14)21-11-6-5-9-3-2-4-10(9)7-11/h5-8H,2-4H2,1H3,(H,15,16,17). The molecule has 0 atom stereocenters. The normalized spacial score (nSPS) is 12.8. The van der Waals surface area contributed by atoms with Crippen molar-refractivity contribution in [2.24, 2.45) is 0 Å². The van der Waals surface area contributed by atoms with Gasteiger partial charge in [-0.2, -0.15) is 4.98 Å². The van der Waals surface area contributed by atoms with Crippen LogP contribution < -0.4 is 10.1 Å². The van der Waals surface area contributed by atoms with E-state index < -0.39 is 4.92 Å². The van der Waals surface area contributed by atoms with Crippen LogP contribution in [0.2, 0.25) is 0 Å². The Hall–Kier alpha value is -2.70. The lowest BCUT2D eigenvalue weighted by Crippen LogP contribution is -2.02. The molecule has 0 unspecified atom stereocenters. The van der Waals surface area contributed by atoms with E-state index in [-0.39, 0.29) is 17.5 Å². The quantitative estimate of drug-likeness (QED) is 0.686. The van der Waals surface area contributed by atoms with Crippen molar-refractivity contribution >= 4 is 11.6 Å². The molecule has 108 valence electrons. The van der Waals surface area contributed by atoms with Gasteiger partial charge >= 0.3 is 11.6 Å². The molecule has 1 aliphatic rings. The topological polar surface area (TPSA) is 90.2 Å². The monoisotopic (exact) mass is 286 g/mol. The van der Waals surface area contributed by atoms with E-state index in [1.165, 1.54) is 11.1 Å². The van der Waals surface area contributed by atoms with E-state index in [0.717, 1.165) is 25.5 Å². The first kappa shape index (κ1) is 13.3. The Labute approximate surface area is 121 Å². The van der Waals surface area contributed by atoms with Crippen LogP contribution in [0, 0.1) is 10.1 Å². The summed E-state index contributed by atoms with van der Waals surface area (Å²) in [7, 11) is 1.64. The van der Waals surface area contributed by atoms with Gasteiger partial charge in [-0.1, -0.05) is 6.07 Å². The predicted octanol–water partition coefficient (Wildman–Crippen LogP) is 2.71. The average Bonchev–Trinajstić information content (AvgIpc) is 2.94. The van der Waals surface area contributed by atoms with E-state index in [0.29, 0.717) is 5.75 Å². The van der Waals surface area contributed by atoms with Crippen molar-refractivity contribution in [2.75, 3.05) is 12.4 Å². The molecule has 0 fully saturated rings. The minimum atomic E-state index is -0.553. The third-order valence-electron chi connectivity index (χ3n) is 3.44. The Morgan fingerprint density at radius 1 is 1.33 bits per heavy atom. The summed E-state index contributed by atoms with van der Waals surface area (Å²) in [6, 6.07) is 5.74. The number of nitrogens with one attached hydrogen (secondary N) is 1. The van der Waals surface area contributed by atoms with Crippen molar-refractivity contribution in [1.82, 2.24) is 9.97 Å². The van der Waals surface area contributed by atoms with Crippen LogP contribution in [0.4, 0.5) is 11.6 Å². The molecule has 1 aliphatic carbocycles. The number of hydrogen-bond acceptors (Lipinski definition) is 6. The maximum absolute atomic E-state index is 11.0. The van der Waals surface area contributed by atoms with Gasteiger partial charge in [0.05, 0.1) is 4.92 Å². The summed E-state index contributed by atoms with van der Waals surface area (Å²) in [5.41, 5.74) is 2.29. The predicted molar refractivity (Wildman–Crippen MR) is 76.8 cm³/mol. The first-order valence-corrected chi connectivity index (χ1v) is 6.66. The van der Waals surface area contributed by atoms with Gasteiger partial charge in [-0.3, -0.25) is 10.1 Å². The second-order valence-electron chi connectivity index (χ2n) is 4.78. The molecule has 3 rings (SSSR count). The number of nitro groups is 1. The second-order valence-corrected chi connectivity index (χ2v) is 4.78. The van der Waals surface area contributed by atoms with E-state index >= 15 is 0 Å². The van der Waals surface area contributed by atoms with Crippen molar-refractivity contribution in [1.29, 1.82) is 0 Å². The van der Waals surface area contributed by atoms with Gasteiger partial charge in [0, 0.05) is 7.05 Å². The molecule has 1 N–H and O–H groups in total. The van der Waals surface area contributed by atoms with E-state index in [1.54, 1.807) is 7.05 Å². The lowest BCUT2D eigenvalue weighted by molar-refractivity contribution is -0.386. The molecule has 0 spiro atoms. The molecule has 1 heterocycles. The summed E-state index contributed by atoms with van der Waals surface area (Å²) in [5.74, 6) is 0.772. The molecule has 0 amide bonds. The zero-order valence-electron chi connectivity index (χ0n) is 11.5. The minimum absolute atomic E-state index is 0.0581. The molecule has 1 aromatic carbocycles. The van der Waals surface area contributed by atoms with Crippen molar-refractivity contribution in [2.45, 2.75) is 19.3 Å². The Balaban J connectivity index is 1.95. The molecule has 2 aromatic rings. The third-order valence-corrected chi connectivity index (χ3v) is 3.44. The highest BCUT2D eigenvalue weighted by atomic mass is 16.6. The average molecular weight is 286 g/mol. The van der Waals surface area contributed by atoms with Gasteiger partial charge in [0.1, 0.15) is 11.9 Å². The fourth-order valence-electron chi connectivity index (χ4n) is 2.40. The zero-order valence-corrected chi connectivity index (χ0v) is 11.5. The van der Waals surface area contributed by atoms with Crippen LogP contribution in [-0.4, -0.2) is 21.9 Å². The molecular formula is C14H14N4O3. The Morgan fingerprint density at radius 2 is 2.14 bits per heavy atom. The van der Waals surface area contributed by atoms with Crippen LogP contribution in [0.15, 0.2) is 24.4 Å². The maximum atomic E-state index is 11.0. The van der Waals surface area contributed by atoms with E-state index in [1.807, 2.05) is 18.2 Å². The van der Waals surface area contributed by atoms with Crippen LogP contribution in [0.5, 0.6) is 11.6 Å². The summed E-state index contributed by atoms with van der Waals surface area (Å²) in [5, 5.41) is 13.8. The van der Waals surface area contributed by atoms with Crippen molar-refractivity contribution in [3.63, 3.8) is 0 Å². The summed E-state index contributed by atoms with van der Waals surface area (Å²) in [6.45, 7) is 0. The fourth-order valence-corrected chi connectivity index (χ4v) is 2.40. The highest BCUT2D eigenvalue weighted by Gasteiger charge is 2.20. The van der Waals surface area contributed by atoms with Gasteiger partial charge < -0.3 is 10.1 Å². The van der Waals surface area contributed by atoms with Crippen LogP contribution in [0.25, 0.3) is 0 Å². The maximum Gasteiger partial charge on any atom is 0.349 e. The van der Waals surface area contributed by atoms with Crippen LogP contribution in [0.1, 0.15) is 17.5 Å². The summed E-state index contributed by atoms with van der Waals surface area (Å²) >= 11 is 0. The number of anilines is 1. The molecule has 21 heavy (non-hydrogen) atoms. The molecule has 0 saturated heterocycles. The molecule has 0 radical (unpaired) electrons. The lowest BCUT2D eigenvalue weighted by Gasteiger charge is -2.08. The van der Waals surface area contributed by atoms with Gasteiger partial charge in [-0.25, -0.2) is 4.98 Å². The van der Waals surface area contributed by atoms with Gasteiger partial charge in [-0.05, 0) is 42.5 Å². The van der Waals surface area contributed by atoms with E-state index in [4.69, 9.17) is 4.74 Å². The lowest BCUT2D eigenvalue weighted by atomic mass is 10.1. The molecule has 7 nitrogen and oxygen atoms in total. The van der Waals surface area contributed by atoms with Gasteiger partial charge in [-0.15, -0.1) is 0 Å². The Morgan fingerprint density at radius 3 is 2.90 bits per heavy atom. The van der Waals surface area contributed by atoms with Crippen LogP contribution in [0.3, 0.4) is 0 Å². The Bertz CT molecular complexity index is 703. The molecular weight excluding hydrogens is 272 g/mol.